The number of hydrogen-bond donors (Lipinski definition) is 6. The number of pyridine rings is 5. The van der Waals surface area contributed by atoms with Gasteiger partial charge in [0.25, 0.3) is 28.1 Å². The third kappa shape index (κ3) is 14.7. The van der Waals surface area contributed by atoms with E-state index < -0.39 is 0 Å². The molecule has 9 heterocycles. The van der Waals surface area contributed by atoms with E-state index in [0.29, 0.717) is 118 Å². The van der Waals surface area contributed by atoms with Gasteiger partial charge in [-0.2, -0.15) is 10.4 Å². The topological polar surface area (TPSA) is 296 Å². The van der Waals surface area contributed by atoms with E-state index in [1.165, 1.54) is 59.8 Å². The number of carbonyl (C=O) groups excluding carboxylic acids is 2. The van der Waals surface area contributed by atoms with Crippen LogP contribution in [0.5, 0.6) is 0 Å². The zero-order chi connectivity index (χ0) is 81.0. The summed E-state index contributed by atoms with van der Waals surface area (Å²) in [5.74, 6) is 7.49. The molecule has 0 bridgehead atoms. The van der Waals surface area contributed by atoms with Crippen molar-refractivity contribution in [2.45, 2.75) is 114 Å². The second-order valence-corrected chi connectivity index (χ2v) is 31.6. The van der Waals surface area contributed by atoms with Crippen LogP contribution in [0.1, 0.15) is 145 Å². The number of nitrogens with two attached hydrogens (primary N) is 1. The van der Waals surface area contributed by atoms with Crippen LogP contribution in [0.25, 0.3) is 93.7 Å². The van der Waals surface area contributed by atoms with Crippen molar-refractivity contribution in [3.05, 3.63) is 286 Å². The first-order valence-corrected chi connectivity index (χ1v) is 40.1. The van der Waals surface area contributed by atoms with Gasteiger partial charge in [0, 0.05) is 144 Å². The summed E-state index contributed by atoms with van der Waals surface area (Å²) in [4.78, 5) is 89.2. The van der Waals surface area contributed by atoms with Gasteiger partial charge in [0.15, 0.2) is 6.19 Å². The number of amides is 2. The average Bonchev–Trinajstić information content (AvgIpc) is 1.54. The Labute approximate surface area is 674 Å². The highest BCUT2D eigenvalue weighted by molar-refractivity contribution is 5.95. The van der Waals surface area contributed by atoms with Gasteiger partial charge in [-0.15, -0.1) is 0 Å². The molecule has 3 aliphatic heterocycles. The van der Waals surface area contributed by atoms with E-state index in [2.05, 4.69) is 93.1 Å². The van der Waals surface area contributed by atoms with Gasteiger partial charge in [-0.3, -0.25) is 47.6 Å². The Morgan fingerprint density at radius 3 is 1.47 bits per heavy atom. The third-order valence-electron chi connectivity index (χ3n) is 24.1. The predicted octanol–water partition coefficient (Wildman–Crippen LogP) is 13.4. The van der Waals surface area contributed by atoms with Crippen LogP contribution in [0.3, 0.4) is 0 Å². The van der Waals surface area contributed by atoms with Crippen LogP contribution in [0.2, 0.25) is 0 Å². The Morgan fingerprint density at radius 1 is 0.547 bits per heavy atom. The van der Waals surface area contributed by atoms with Crippen LogP contribution in [-0.4, -0.2) is 122 Å². The molecule has 6 aliphatic rings. The summed E-state index contributed by atoms with van der Waals surface area (Å²) in [6.07, 6.45) is 18.6. The zero-order valence-electron chi connectivity index (χ0n) is 65.6. The Hall–Kier alpha value is -13.3. The highest BCUT2D eigenvalue weighted by Gasteiger charge is 2.38. The summed E-state index contributed by atoms with van der Waals surface area (Å²) in [5.41, 5.74) is 21.4. The van der Waals surface area contributed by atoms with E-state index in [1.54, 1.807) is 79.2 Å². The smallest absolute Gasteiger partial charge is 0.298 e. The molecule has 7 aromatic carbocycles. The number of hydrogen-bond acceptors (Lipinski definition) is 15. The van der Waals surface area contributed by atoms with Gasteiger partial charge < -0.3 is 45.6 Å². The van der Waals surface area contributed by atoms with E-state index in [-0.39, 0.29) is 77.3 Å². The average molecular weight is 1560 g/mol. The number of aromatic nitrogens is 7. The number of aliphatic hydroxyl groups is 3. The number of likely N-dealkylation sites (tertiary alicyclic amines) is 3. The minimum Gasteiger partial charge on any atom is -0.394 e. The van der Waals surface area contributed by atoms with Crippen molar-refractivity contribution in [1.29, 1.82) is 5.26 Å². The van der Waals surface area contributed by atoms with Crippen LogP contribution in [0.15, 0.2) is 214 Å². The third-order valence-corrected chi connectivity index (χ3v) is 24.1. The van der Waals surface area contributed by atoms with Crippen molar-refractivity contribution in [3.8, 4) is 68.5 Å². The molecule has 22 nitrogen and oxygen atoms in total. The quantitative estimate of drug-likeness (QED) is 0.0281. The fourth-order valence-corrected chi connectivity index (χ4v) is 17.3. The van der Waals surface area contributed by atoms with E-state index in [1.807, 2.05) is 117 Å². The Kier molecular flexibility index (Phi) is 20.8. The summed E-state index contributed by atoms with van der Waals surface area (Å²) in [7, 11) is 3.45. The maximum Gasteiger partial charge on any atom is 0.298 e. The second-order valence-electron chi connectivity index (χ2n) is 31.6. The van der Waals surface area contributed by atoms with Crippen molar-refractivity contribution in [2.75, 3.05) is 57.4 Å². The lowest BCUT2D eigenvalue weighted by molar-refractivity contribution is -0.130. The highest BCUT2D eigenvalue weighted by atomic mass is 16.3. The summed E-state index contributed by atoms with van der Waals surface area (Å²) in [5, 5.41) is 57.2. The van der Waals surface area contributed by atoms with Crippen LogP contribution < -0.4 is 33.3 Å². The summed E-state index contributed by atoms with van der Waals surface area (Å²) in [6.45, 7) is 5.95. The van der Waals surface area contributed by atoms with Crippen LogP contribution >= 0.6 is 0 Å². The number of fused-ring (bicyclic) bond motifs is 4. The molecule has 3 aliphatic carbocycles. The number of nitrogens with one attached hydrogen (secondary N) is 2. The van der Waals surface area contributed by atoms with Gasteiger partial charge in [0.1, 0.15) is 5.82 Å². The van der Waals surface area contributed by atoms with E-state index >= 15 is 0 Å². The minimum atomic E-state index is -0.312. The number of allylic oxidation sites excluding steroid dienone is 1. The molecule has 3 saturated heterocycles. The van der Waals surface area contributed by atoms with Gasteiger partial charge >= 0.3 is 0 Å². The second kappa shape index (κ2) is 31.9. The summed E-state index contributed by atoms with van der Waals surface area (Å²) in [6, 6.07) is 53.3. The molecule has 22 heteroatoms. The zero-order valence-corrected chi connectivity index (χ0v) is 65.6. The van der Waals surface area contributed by atoms with E-state index in [0.717, 1.165) is 78.6 Å². The number of carbonyl (C=O) groups is 2. The van der Waals surface area contributed by atoms with Crippen LogP contribution in [0.4, 0.5) is 11.5 Å². The number of nitrogens with zero attached hydrogens (tertiary/aromatic N) is 10. The number of benzene rings is 7. The Bertz CT molecular complexity index is 6560. The minimum absolute atomic E-state index is 0.00732. The summed E-state index contributed by atoms with van der Waals surface area (Å²) < 4.78 is 6.64. The van der Waals surface area contributed by atoms with E-state index in [9.17, 15) is 49.3 Å². The molecule has 1 unspecified atom stereocenters. The van der Waals surface area contributed by atoms with Gasteiger partial charge in [0.05, 0.1) is 54.3 Å². The first kappa shape index (κ1) is 76.4. The monoisotopic (exact) mass is 1560 g/mol. The SMILES string of the molecule is C/C=C/C(=O)N1CC(c2cc3cc(C4CC4)ccc3c(=O)n2-c2cccc(-c3ccnc(NC)c3)c2CO)C1.CC#CC(=O)N1CC(c2cc3cc(C4CC4)ccc3c(=O)n2-c2cccc(-c3ccc4[nH]ncc4c3)c2CO)C1.Cn1cc(-c2cccc(-n3c(C4CCN(C#N)C4)cc4cc(C5CC5)ccc4c3=O)c2CO)cc(N)c1=O. The number of aryl methyl sites for hydroxylation is 1. The first-order chi connectivity index (χ1) is 57.0. The molecular formula is C95H89N13O9. The molecule has 1 atom stereocenters. The maximum atomic E-state index is 14.2. The molecule has 2 amide bonds. The van der Waals surface area contributed by atoms with Crippen LogP contribution in [0, 0.1) is 23.3 Å². The predicted molar refractivity (Wildman–Crippen MR) is 457 cm³/mol. The van der Waals surface area contributed by atoms with Crippen molar-refractivity contribution in [3.63, 3.8) is 0 Å². The van der Waals surface area contributed by atoms with Gasteiger partial charge in [-0.1, -0.05) is 90.9 Å². The highest BCUT2D eigenvalue weighted by Crippen LogP contribution is 2.45. The number of anilines is 2. The molecule has 0 spiro atoms. The lowest BCUT2D eigenvalue weighted by Crippen LogP contribution is -2.49. The van der Waals surface area contributed by atoms with Crippen molar-refractivity contribution >= 4 is 66.5 Å². The lowest BCUT2D eigenvalue weighted by Gasteiger charge is -2.40. The molecule has 117 heavy (non-hydrogen) atoms. The molecule has 19 rings (SSSR count). The lowest BCUT2D eigenvalue weighted by atomic mass is 9.92. The number of aliphatic hydroxyl groups excluding tert-OH is 3. The molecule has 6 fully saturated rings. The number of nitriles is 1. The molecule has 0 radical (unpaired) electrons. The molecule has 7 N–H and O–H groups in total. The van der Waals surface area contributed by atoms with Crippen LogP contribution in [-0.2, 0) is 36.5 Å². The standard InChI is InChI=1S/C33H28N4O3.C32H32N4O3.C30H29N5O3/c1-2-4-32(39)36-17-25(18-36)31-15-23-13-21(20-7-8-20)9-11-27(23)33(40)37(31)30-6-3-5-26(28(30)19-38)22-10-12-29-24(14-22)16-34-35-29;1-3-5-31(38)35-17-24(18-35)29-15-23-14-21(20-8-9-20)10-11-26(23)32(39)36(29)28-7-4-6-25(27(28)19-37)22-12-13-34-30(16-22)33-2;1-33-14-22(12-26(32)30(33)38)23-3-2-4-27(25(23)16-36)35-28(20-9-10-34(15-20)17-31)13-21-11-19(18-5-6-18)7-8-24(21)29(35)37/h3,5-6,9-16,20,25,38H,7-8,17-19H2,1H3,(H,34,35);3-7,10-16,20,24,37H,8-9,17-19H2,1-2H3,(H,33,34);2-4,7-8,11-14,18,20,36H,5-6,9-10,15-16,32H2,1H3/b;5-3+;. The van der Waals surface area contributed by atoms with E-state index in [4.69, 9.17) is 5.73 Å². The van der Waals surface area contributed by atoms with Gasteiger partial charge in [-0.05, 0) is 234 Å². The normalized spacial score (nSPS) is 16.0. The Balaban J connectivity index is 0.000000126. The first-order valence-electron chi connectivity index (χ1n) is 40.1. The number of H-pyrrole nitrogens is 1. The number of nitrogen functional groups attached to an aromatic ring is 1. The molecule has 588 valence electrons. The van der Waals surface area contributed by atoms with Gasteiger partial charge in [0.2, 0.25) is 5.91 Å². The molecule has 3 saturated carbocycles. The molecular weight excluding hydrogens is 1470 g/mol. The fourth-order valence-electron chi connectivity index (χ4n) is 17.3. The van der Waals surface area contributed by atoms with Crippen molar-refractivity contribution in [1.82, 2.24) is 48.1 Å². The largest absolute Gasteiger partial charge is 0.394 e. The van der Waals surface area contributed by atoms with Crippen molar-refractivity contribution < 1.29 is 24.9 Å². The summed E-state index contributed by atoms with van der Waals surface area (Å²) >= 11 is 0. The molecule has 13 aromatic rings. The van der Waals surface area contributed by atoms with Gasteiger partial charge in [-0.25, -0.2) is 4.98 Å². The van der Waals surface area contributed by atoms with Crippen molar-refractivity contribution in [2.24, 2.45) is 7.05 Å². The Morgan fingerprint density at radius 2 is 1.03 bits per heavy atom. The number of rotatable bonds is 17. The number of aromatic amines is 1. The molecule has 6 aromatic heterocycles. The maximum absolute atomic E-state index is 14.2. The fraction of sp³-hybridized carbons (Fsp3) is 0.274.